The van der Waals surface area contributed by atoms with Gasteiger partial charge in [0, 0.05) is 6.42 Å². The molecule has 0 aromatic carbocycles. The molecule has 16 heavy (non-hydrogen) atoms. The van der Waals surface area contributed by atoms with Crippen molar-refractivity contribution in [3.8, 4) is 0 Å². The fourth-order valence-electron chi connectivity index (χ4n) is 3.57. The topological polar surface area (TPSA) is 18.5 Å². The lowest BCUT2D eigenvalue weighted by atomic mass is 9.88. The van der Waals surface area contributed by atoms with Gasteiger partial charge in [-0.05, 0) is 37.5 Å². The van der Waals surface area contributed by atoms with E-state index >= 15 is 0 Å². The van der Waals surface area contributed by atoms with Gasteiger partial charge in [-0.15, -0.1) is 0 Å². The minimum Gasteiger partial charge on any atom is -0.348 e. The third-order valence-corrected chi connectivity index (χ3v) is 4.57. The Labute approximate surface area is 99.7 Å². The van der Waals surface area contributed by atoms with Crippen LogP contribution in [0, 0.1) is 17.8 Å². The monoisotopic (exact) mass is 226 g/mol. The summed E-state index contributed by atoms with van der Waals surface area (Å²) in [6.07, 6.45) is 6.57. The van der Waals surface area contributed by atoms with Crippen molar-refractivity contribution in [2.24, 2.45) is 17.8 Å². The number of hydrogen-bond acceptors (Lipinski definition) is 2. The molecule has 1 saturated heterocycles. The van der Waals surface area contributed by atoms with Crippen LogP contribution in [0.3, 0.4) is 0 Å². The van der Waals surface area contributed by atoms with E-state index < -0.39 is 0 Å². The zero-order chi connectivity index (χ0) is 11.6. The molecule has 0 spiro atoms. The first-order valence-electron chi connectivity index (χ1n) is 6.94. The van der Waals surface area contributed by atoms with Crippen LogP contribution in [-0.2, 0) is 9.47 Å². The summed E-state index contributed by atoms with van der Waals surface area (Å²) in [6.45, 7) is 8.32. The van der Waals surface area contributed by atoms with Crippen LogP contribution in [0.2, 0.25) is 0 Å². The lowest BCUT2D eigenvalue weighted by Crippen LogP contribution is -2.30. The molecule has 2 aliphatic rings. The van der Waals surface area contributed by atoms with E-state index in [1.54, 1.807) is 0 Å². The zero-order valence-corrected chi connectivity index (χ0v) is 11.0. The normalized spacial score (nSPS) is 38.1. The molecule has 2 rings (SSSR count). The Morgan fingerprint density at radius 3 is 2.19 bits per heavy atom. The highest BCUT2D eigenvalue weighted by molar-refractivity contribution is 4.86. The van der Waals surface area contributed by atoms with Crippen LogP contribution < -0.4 is 0 Å². The second kappa shape index (κ2) is 5.05. The first kappa shape index (κ1) is 12.4. The Morgan fingerprint density at radius 2 is 1.62 bits per heavy atom. The summed E-state index contributed by atoms with van der Waals surface area (Å²) in [4.78, 5) is 0. The van der Waals surface area contributed by atoms with E-state index in [1.165, 1.54) is 25.7 Å². The number of ether oxygens (including phenoxy) is 2. The molecule has 0 aromatic rings. The Bertz CT molecular complexity index is 221. The molecule has 2 fully saturated rings. The molecule has 3 unspecified atom stereocenters. The second-order valence-corrected chi connectivity index (χ2v) is 5.71. The van der Waals surface area contributed by atoms with Crippen LogP contribution in [0.15, 0.2) is 0 Å². The number of rotatable bonds is 4. The predicted molar refractivity (Wildman–Crippen MR) is 65.2 cm³/mol. The zero-order valence-electron chi connectivity index (χ0n) is 11.0. The van der Waals surface area contributed by atoms with Gasteiger partial charge >= 0.3 is 0 Å². The molecule has 0 N–H and O–H groups in total. The first-order valence-corrected chi connectivity index (χ1v) is 6.94. The lowest BCUT2D eigenvalue weighted by molar-refractivity contribution is -0.157. The van der Waals surface area contributed by atoms with E-state index in [4.69, 9.17) is 9.47 Å². The van der Waals surface area contributed by atoms with Crippen molar-refractivity contribution in [1.29, 1.82) is 0 Å². The molecule has 1 saturated carbocycles. The molecule has 1 aliphatic carbocycles. The summed E-state index contributed by atoms with van der Waals surface area (Å²) in [5.74, 6) is 2.38. The summed E-state index contributed by atoms with van der Waals surface area (Å²) in [7, 11) is 0. The van der Waals surface area contributed by atoms with Crippen LogP contribution in [0.4, 0.5) is 0 Å². The van der Waals surface area contributed by atoms with Crippen molar-refractivity contribution in [3.05, 3.63) is 0 Å². The summed E-state index contributed by atoms with van der Waals surface area (Å²) in [5, 5.41) is 0. The van der Waals surface area contributed by atoms with Crippen molar-refractivity contribution >= 4 is 0 Å². The molecule has 0 bridgehead atoms. The largest absolute Gasteiger partial charge is 0.348 e. The highest BCUT2D eigenvalue weighted by Crippen LogP contribution is 2.44. The number of hydrogen-bond donors (Lipinski definition) is 0. The molecule has 1 heterocycles. The van der Waals surface area contributed by atoms with E-state index in [0.29, 0.717) is 0 Å². The van der Waals surface area contributed by atoms with Gasteiger partial charge in [-0.1, -0.05) is 26.7 Å². The fourth-order valence-corrected chi connectivity index (χ4v) is 3.57. The van der Waals surface area contributed by atoms with Crippen LogP contribution in [0.25, 0.3) is 0 Å². The molecule has 94 valence electrons. The third-order valence-electron chi connectivity index (χ3n) is 4.57. The molecular weight excluding hydrogens is 200 g/mol. The average molecular weight is 226 g/mol. The molecule has 0 amide bonds. The van der Waals surface area contributed by atoms with E-state index in [-0.39, 0.29) is 5.79 Å². The van der Waals surface area contributed by atoms with E-state index in [9.17, 15) is 0 Å². The third kappa shape index (κ3) is 2.60. The Morgan fingerprint density at radius 1 is 1.00 bits per heavy atom. The summed E-state index contributed by atoms with van der Waals surface area (Å²) >= 11 is 0. The highest BCUT2D eigenvalue weighted by atomic mass is 16.7. The van der Waals surface area contributed by atoms with E-state index in [2.05, 4.69) is 20.8 Å². The highest BCUT2D eigenvalue weighted by Gasteiger charge is 2.40. The van der Waals surface area contributed by atoms with Gasteiger partial charge in [0.1, 0.15) is 0 Å². The molecule has 2 heteroatoms. The van der Waals surface area contributed by atoms with Crippen LogP contribution >= 0.6 is 0 Å². The molecular formula is C14H26O2. The molecule has 2 nitrogen and oxygen atoms in total. The van der Waals surface area contributed by atoms with E-state index in [1.807, 2.05) is 0 Å². The standard InChI is InChI=1S/C14H26O2/c1-4-11-8-12(5-2)13(9-11)10-14(3)15-6-7-16-14/h11-13H,4-10H2,1-3H3. The SMILES string of the molecule is CCC1CC(CC)C(CC2(C)OCCO2)C1. The lowest BCUT2D eigenvalue weighted by Gasteiger charge is -2.28. The molecule has 3 atom stereocenters. The fraction of sp³-hybridized carbons (Fsp3) is 1.00. The summed E-state index contributed by atoms with van der Waals surface area (Å²) in [6, 6.07) is 0. The van der Waals surface area contributed by atoms with Crippen molar-refractivity contribution in [2.45, 2.75) is 58.7 Å². The Kier molecular flexibility index (Phi) is 3.91. The van der Waals surface area contributed by atoms with E-state index in [0.717, 1.165) is 37.4 Å². The summed E-state index contributed by atoms with van der Waals surface area (Å²) < 4.78 is 11.5. The van der Waals surface area contributed by atoms with Gasteiger partial charge in [-0.2, -0.15) is 0 Å². The Hall–Kier alpha value is -0.0800. The maximum atomic E-state index is 5.74. The maximum absolute atomic E-state index is 5.74. The quantitative estimate of drug-likeness (QED) is 0.729. The van der Waals surface area contributed by atoms with Gasteiger partial charge in [0.2, 0.25) is 0 Å². The average Bonchev–Trinajstić information content (AvgIpc) is 2.85. The van der Waals surface area contributed by atoms with Crippen LogP contribution in [-0.4, -0.2) is 19.0 Å². The van der Waals surface area contributed by atoms with Gasteiger partial charge in [-0.25, -0.2) is 0 Å². The van der Waals surface area contributed by atoms with Crippen LogP contribution in [0.1, 0.15) is 52.9 Å². The van der Waals surface area contributed by atoms with Gasteiger partial charge < -0.3 is 9.47 Å². The van der Waals surface area contributed by atoms with Crippen molar-refractivity contribution in [1.82, 2.24) is 0 Å². The Balaban J connectivity index is 1.92. The van der Waals surface area contributed by atoms with Crippen LogP contribution in [0.5, 0.6) is 0 Å². The first-order chi connectivity index (χ1) is 7.67. The van der Waals surface area contributed by atoms with Gasteiger partial charge in [0.25, 0.3) is 0 Å². The van der Waals surface area contributed by atoms with Crippen molar-refractivity contribution in [2.75, 3.05) is 13.2 Å². The summed E-state index contributed by atoms with van der Waals surface area (Å²) in [5.41, 5.74) is 0. The minimum atomic E-state index is -0.277. The minimum absolute atomic E-state index is 0.277. The van der Waals surface area contributed by atoms with Gasteiger partial charge in [0.15, 0.2) is 5.79 Å². The van der Waals surface area contributed by atoms with Gasteiger partial charge in [0.05, 0.1) is 13.2 Å². The van der Waals surface area contributed by atoms with Crippen molar-refractivity contribution in [3.63, 3.8) is 0 Å². The van der Waals surface area contributed by atoms with Gasteiger partial charge in [-0.3, -0.25) is 0 Å². The smallest absolute Gasteiger partial charge is 0.166 e. The predicted octanol–water partition coefficient (Wildman–Crippen LogP) is 3.60. The second-order valence-electron chi connectivity index (χ2n) is 5.71. The molecule has 1 aliphatic heterocycles. The maximum Gasteiger partial charge on any atom is 0.166 e. The van der Waals surface area contributed by atoms with Crippen molar-refractivity contribution < 1.29 is 9.47 Å². The molecule has 0 radical (unpaired) electrons. The molecule has 0 aromatic heterocycles.